The molecule has 0 saturated carbocycles. The van der Waals surface area contributed by atoms with E-state index < -0.39 is 35.3 Å². The van der Waals surface area contributed by atoms with Crippen LogP contribution in [-0.4, -0.2) is 47.9 Å². The number of nitrogens with zero attached hydrogens (tertiary/aromatic N) is 2. The van der Waals surface area contributed by atoms with Gasteiger partial charge in [-0.1, -0.05) is 0 Å². The van der Waals surface area contributed by atoms with Gasteiger partial charge in [-0.3, -0.25) is 4.79 Å². The molecule has 1 aliphatic heterocycles. The normalized spacial score (nSPS) is 14.7. The highest BCUT2D eigenvalue weighted by Gasteiger charge is 2.31. The molecule has 29 heavy (non-hydrogen) atoms. The summed E-state index contributed by atoms with van der Waals surface area (Å²) in [5, 5.41) is 2.34. The van der Waals surface area contributed by atoms with Crippen molar-refractivity contribution in [2.45, 2.75) is 6.18 Å². The molecule has 3 rings (SSSR count). The van der Waals surface area contributed by atoms with Crippen LogP contribution in [-0.2, 0) is 6.18 Å². The van der Waals surface area contributed by atoms with Crippen molar-refractivity contribution in [1.29, 1.82) is 0 Å². The molecule has 1 heterocycles. The van der Waals surface area contributed by atoms with Crippen molar-refractivity contribution in [3.63, 3.8) is 0 Å². The summed E-state index contributed by atoms with van der Waals surface area (Å²) in [6.07, 6.45) is -4.48. The molecular formula is C19H16F5N3O2. The van der Waals surface area contributed by atoms with Crippen molar-refractivity contribution in [3.05, 3.63) is 65.2 Å². The van der Waals surface area contributed by atoms with Gasteiger partial charge in [0, 0.05) is 37.8 Å². The molecule has 0 radical (unpaired) electrons. The molecule has 154 valence electrons. The third kappa shape index (κ3) is 4.82. The van der Waals surface area contributed by atoms with E-state index in [9.17, 15) is 31.5 Å². The van der Waals surface area contributed by atoms with Gasteiger partial charge in [-0.2, -0.15) is 13.2 Å². The Labute approximate surface area is 162 Å². The van der Waals surface area contributed by atoms with Crippen molar-refractivity contribution in [1.82, 2.24) is 9.80 Å². The molecule has 1 fully saturated rings. The third-order valence-corrected chi connectivity index (χ3v) is 4.49. The number of benzene rings is 2. The molecule has 0 aliphatic carbocycles. The Morgan fingerprint density at radius 1 is 0.862 bits per heavy atom. The smallest absolute Gasteiger partial charge is 0.335 e. The van der Waals surface area contributed by atoms with Crippen LogP contribution in [0.1, 0.15) is 15.9 Å². The Bertz CT molecular complexity index is 907. The number of carbonyl (C=O) groups excluding carboxylic acids is 2. The van der Waals surface area contributed by atoms with E-state index in [1.807, 2.05) is 0 Å². The molecule has 2 aromatic carbocycles. The molecule has 1 aliphatic rings. The fraction of sp³-hybridized carbons (Fsp3) is 0.263. The van der Waals surface area contributed by atoms with E-state index in [4.69, 9.17) is 0 Å². The van der Waals surface area contributed by atoms with Crippen LogP contribution >= 0.6 is 0 Å². The fourth-order valence-corrected chi connectivity index (χ4v) is 2.88. The second-order valence-corrected chi connectivity index (χ2v) is 6.41. The Balaban J connectivity index is 1.57. The molecule has 10 heteroatoms. The van der Waals surface area contributed by atoms with E-state index in [2.05, 4.69) is 5.32 Å². The maximum Gasteiger partial charge on any atom is 0.416 e. The summed E-state index contributed by atoms with van der Waals surface area (Å²) in [4.78, 5) is 27.5. The highest BCUT2D eigenvalue weighted by atomic mass is 19.4. The zero-order chi connectivity index (χ0) is 21.2. The first-order valence-electron chi connectivity index (χ1n) is 8.62. The van der Waals surface area contributed by atoms with Gasteiger partial charge in [-0.15, -0.1) is 0 Å². The van der Waals surface area contributed by atoms with Gasteiger partial charge in [0.05, 0.1) is 11.3 Å². The zero-order valence-electron chi connectivity index (χ0n) is 15.0. The molecular weight excluding hydrogens is 397 g/mol. The van der Waals surface area contributed by atoms with Crippen LogP contribution in [0.5, 0.6) is 0 Å². The Morgan fingerprint density at radius 2 is 1.45 bits per heavy atom. The van der Waals surface area contributed by atoms with Crippen molar-refractivity contribution < 1.29 is 31.5 Å². The number of rotatable bonds is 2. The molecule has 0 atom stereocenters. The first kappa shape index (κ1) is 20.6. The molecule has 0 bridgehead atoms. The summed E-state index contributed by atoms with van der Waals surface area (Å²) in [7, 11) is 0. The van der Waals surface area contributed by atoms with E-state index in [0.29, 0.717) is 6.07 Å². The summed E-state index contributed by atoms with van der Waals surface area (Å²) in [5.41, 5.74) is -0.896. The van der Waals surface area contributed by atoms with Crippen LogP contribution in [0.4, 0.5) is 32.4 Å². The Morgan fingerprint density at radius 3 is 2.00 bits per heavy atom. The molecule has 3 amide bonds. The summed E-state index contributed by atoms with van der Waals surface area (Å²) in [5.74, 6) is -2.12. The first-order chi connectivity index (χ1) is 13.6. The number of nitrogens with one attached hydrogen (secondary N) is 1. The molecule has 0 spiro atoms. The predicted molar refractivity (Wildman–Crippen MR) is 94.3 cm³/mol. The maximum atomic E-state index is 13.6. The van der Waals surface area contributed by atoms with Gasteiger partial charge >= 0.3 is 12.2 Å². The maximum absolute atomic E-state index is 13.6. The molecule has 1 saturated heterocycles. The molecule has 2 aromatic rings. The van der Waals surface area contributed by atoms with Crippen molar-refractivity contribution in [3.8, 4) is 0 Å². The Hall–Kier alpha value is -3.17. The minimum Gasteiger partial charge on any atom is -0.335 e. The average Bonchev–Trinajstić information content (AvgIpc) is 2.69. The van der Waals surface area contributed by atoms with Gasteiger partial charge in [-0.25, -0.2) is 13.6 Å². The summed E-state index contributed by atoms with van der Waals surface area (Å²) < 4.78 is 64.4. The zero-order valence-corrected chi connectivity index (χ0v) is 15.0. The lowest BCUT2D eigenvalue weighted by atomic mass is 10.1. The van der Waals surface area contributed by atoms with E-state index in [1.54, 1.807) is 0 Å². The number of urea groups is 1. The van der Waals surface area contributed by atoms with Gasteiger partial charge in [0.25, 0.3) is 5.91 Å². The fourth-order valence-electron chi connectivity index (χ4n) is 2.88. The monoisotopic (exact) mass is 413 g/mol. The van der Waals surface area contributed by atoms with Gasteiger partial charge in [0.2, 0.25) is 0 Å². The number of amides is 3. The minimum atomic E-state index is -4.48. The van der Waals surface area contributed by atoms with Crippen LogP contribution in [0, 0.1) is 11.6 Å². The standard InChI is InChI=1S/C19H16F5N3O2/c20-14-5-6-16(15(21)11-14)25-18(29)27-9-7-26(8-10-27)17(28)12-1-3-13(4-2-12)19(22,23)24/h1-6,11H,7-10H2,(H,25,29). The van der Waals surface area contributed by atoms with Crippen LogP contribution in [0.25, 0.3) is 0 Å². The largest absolute Gasteiger partial charge is 0.416 e. The number of piperazine rings is 1. The molecule has 0 unspecified atom stereocenters. The number of hydrogen-bond acceptors (Lipinski definition) is 2. The van der Waals surface area contributed by atoms with Gasteiger partial charge in [0.15, 0.2) is 0 Å². The van der Waals surface area contributed by atoms with Crippen LogP contribution in [0.2, 0.25) is 0 Å². The van der Waals surface area contributed by atoms with E-state index in [-0.39, 0.29) is 37.4 Å². The van der Waals surface area contributed by atoms with Gasteiger partial charge < -0.3 is 15.1 Å². The number of carbonyl (C=O) groups is 2. The van der Waals surface area contributed by atoms with Gasteiger partial charge in [0.1, 0.15) is 11.6 Å². The van der Waals surface area contributed by atoms with E-state index >= 15 is 0 Å². The number of halogens is 5. The number of alkyl halides is 3. The lowest BCUT2D eigenvalue weighted by molar-refractivity contribution is -0.137. The second kappa shape index (κ2) is 8.06. The highest BCUT2D eigenvalue weighted by molar-refractivity contribution is 5.94. The number of anilines is 1. The quantitative estimate of drug-likeness (QED) is 0.758. The van der Waals surface area contributed by atoms with Crippen molar-refractivity contribution >= 4 is 17.6 Å². The predicted octanol–water partition coefficient (Wildman–Crippen LogP) is 3.97. The van der Waals surface area contributed by atoms with Crippen molar-refractivity contribution in [2.75, 3.05) is 31.5 Å². The minimum absolute atomic E-state index is 0.115. The lowest BCUT2D eigenvalue weighted by Gasteiger charge is -2.34. The topological polar surface area (TPSA) is 52.7 Å². The molecule has 5 nitrogen and oxygen atoms in total. The highest BCUT2D eigenvalue weighted by Crippen LogP contribution is 2.29. The summed E-state index contributed by atoms with van der Waals surface area (Å²) in [6.45, 7) is 0.639. The van der Waals surface area contributed by atoms with Crippen LogP contribution in [0.3, 0.4) is 0 Å². The summed E-state index contributed by atoms with van der Waals surface area (Å²) in [6, 6.07) is 6.07. The second-order valence-electron chi connectivity index (χ2n) is 6.41. The van der Waals surface area contributed by atoms with Gasteiger partial charge in [-0.05, 0) is 36.4 Å². The van der Waals surface area contributed by atoms with Crippen molar-refractivity contribution in [2.24, 2.45) is 0 Å². The Kier molecular flexibility index (Phi) is 5.71. The molecule has 1 N–H and O–H groups in total. The molecule has 0 aromatic heterocycles. The van der Waals surface area contributed by atoms with E-state index in [1.165, 1.54) is 9.80 Å². The van der Waals surface area contributed by atoms with Crippen LogP contribution in [0.15, 0.2) is 42.5 Å². The average molecular weight is 413 g/mol. The van der Waals surface area contributed by atoms with E-state index in [0.717, 1.165) is 36.4 Å². The number of hydrogen-bond donors (Lipinski definition) is 1. The SMILES string of the molecule is O=C(Nc1ccc(F)cc1F)N1CCN(C(=O)c2ccc(C(F)(F)F)cc2)CC1. The first-order valence-corrected chi connectivity index (χ1v) is 8.62. The summed E-state index contributed by atoms with van der Waals surface area (Å²) >= 11 is 0. The third-order valence-electron chi connectivity index (χ3n) is 4.49. The van der Waals surface area contributed by atoms with Crippen LogP contribution < -0.4 is 5.32 Å². The lowest BCUT2D eigenvalue weighted by Crippen LogP contribution is -2.51.